The Labute approximate surface area is 159 Å². The van der Waals surface area contributed by atoms with Crippen LogP contribution in [0.15, 0.2) is 12.2 Å². The van der Waals surface area contributed by atoms with E-state index in [0.29, 0.717) is 12.8 Å². The lowest BCUT2D eigenvalue weighted by Crippen LogP contribution is -2.69. The van der Waals surface area contributed by atoms with E-state index >= 15 is 0 Å². The number of Topliss-reactive ketones (excluding diaryl/α,β-unsaturated/α-hetero) is 1. The first kappa shape index (κ1) is 19.1. The van der Waals surface area contributed by atoms with E-state index in [-0.39, 0.29) is 42.8 Å². The third-order valence-corrected chi connectivity index (χ3v) is 8.03. The zero-order valence-corrected chi connectivity index (χ0v) is 16.6. The highest BCUT2D eigenvalue weighted by Crippen LogP contribution is 2.68. The molecule has 6 heteroatoms. The van der Waals surface area contributed by atoms with E-state index in [4.69, 9.17) is 9.47 Å². The van der Waals surface area contributed by atoms with Gasteiger partial charge in [0.25, 0.3) is 0 Å². The molecule has 1 spiro atoms. The Hall–Kier alpha value is -1.24. The minimum atomic E-state index is -1.34. The van der Waals surface area contributed by atoms with Crippen molar-refractivity contribution in [2.24, 2.45) is 22.2 Å². The van der Waals surface area contributed by atoms with Crippen LogP contribution in [0.3, 0.4) is 0 Å². The van der Waals surface area contributed by atoms with Crippen molar-refractivity contribution in [3.05, 3.63) is 12.2 Å². The molecule has 1 saturated heterocycles. The quantitative estimate of drug-likeness (QED) is 0.534. The van der Waals surface area contributed by atoms with Crippen molar-refractivity contribution in [1.29, 1.82) is 0 Å². The lowest BCUT2D eigenvalue weighted by atomic mass is 9.46. The second-order valence-electron chi connectivity index (χ2n) is 10.1. The van der Waals surface area contributed by atoms with Crippen molar-refractivity contribution < 1.29 is 29.3 Å². The van der Waals surface area contributed by atoms with E-state index in [0.717, 1.165) is 0 Å². The molecule has 3 saturated carbocycles. The van der Waals surface area contributed by atoms with Crippen LogP contribution in [-0.2, 0) is 19.1 Å². The molecule has 0 aromatic carbocycles. The van der Waals surface area contributed by atoms with Crippen LogP contribution in [0.4, 0.5) is 0 Å². The van der Waals surface area contributed by atoms with Gasteiger partial charge in [-0.2, -0.15) is 0 Å². The number of aliphatic hydroxyl groups excluding tert-OH is 1. The second kappa shape index (κ2) is 5.43. The molecular weight excluding hydrogens is 348 g/mol. The van der Waals surface area contributed by atoms with Gasteiger partial charge in [-0.25, -0.2) is 0 Å². The molecule has 0 radical (unpaired) electrons. The second-order valence-corrected chi connectivity index (χ2v) is 10.1. The maximum atomic E-state index is 13.3. The lowest BCUT2D eigenvalue weighted by Gasteiger charge is -2.64. The first-order valence-corrected chi connectivity index (χ1v) is 9.82. The van der Waals surface area contributed by atoms with Crippen LogP contribution in [0.2, 0.25) is 0 Å². The number of hydrogen-bond acceptors (Lipinski definition) is 6. The number of ether oxygens (including phenoxy) is 2. The number of esters is 1. The number of carbonyl (C=O) groups excluding carboxylic acids is 2. The maximum Gasteiger partial charge on any atom is 0.302 e. The van der Waals surface area contributed by atoms with Crippen LogP contribution in [0.5, 0.6) is 0 Å². The number of carbonyl (C=O) groups is 2. The van der Waals surface area contributed by atoms with E-state index in [1.165, 1.54) is 6.92 Å². The third-order valence-electron chi connectivity index (χ3n) is 8.03. The molecule has 0 unspecified atom stereocenters. The average Bonchev–Trinajstić information content (AvgIpc) is 2.68. The molecular formula is C21H30O6. The summed E-state index contributed by atoms with van der Waals surface area (Å²) >= 11 is 0. The summed E-state index contributed by atoms with van der Waals surface area (Å²) in [6.07, 6.45) is 0.390. The van der Waals surface area contributed by atoms with Crippen molar-refractivity contribution >= 4 is 11.8 Å². The molecule has 4 aliphatic rings. The minimum Gasteiger partial charge on any atom is -0.462 e. The molecule has 4 fully saturated rings. The van der Waals surface area contributed by atoms with Gasteiger partial charge < -0.3 is 19.7 Å². The van der Waals surface area contributed by atoms with Crippen LogP contribution >= 0.6 is 0 Å². The number of rotatable bonds is 1. The van der Waals surface area contributed by atoms with Crippen molar-refractivity contribution in [3.63, 3.8) is 0 Å². The highest BCUT2D eigenvalue weighted by Gasteiger charge is 2.74. The van der Waals surface area contributed by atoms with Crippen LogP contribution in [0.1, 0.15) is 53.4 Å². The van der Waals surface area contributed by atoms with E-state index in [2.05, 4.69) is 13.5 Å². The molecule has 4 rings (SSSR count). The molecule has 1 aliphatic heterocycles. The molecule has 2 N–H and O–H groups in total. The van der Waals surface area contributed by atoms with E-state index in [1.807, 2.05) is 13.8 Å². The summed E-state index contributed by atoms with van der Waals surface area (Å²) in [5.74, 6) is -0.848. The Morgan fingerprint density at radius 2 is 2.00 bits per heavy atom. The Morgan fingerprint density at radius 1 is 1.33 bits per heavy atom. The molecule has 7 atom stereocenters. The van der Waals surface area contributed by atoms with Crippen molar-refractivity contribution in [2.75, 3.05) is 6.61 Å². The van der Waals surface area contributed by atoms with Gasteiger partial charge in [-0.1, -0.05) is 27.4 Å². The predicted molar refractivity (Wildman–Crippen MR) is 96.7 cm³/mol. The van der Waals surface area contributed by atoms with Crippen molar-refractivity contribution in [2.45, 2.75) is 77.3 Å². The number of fused-ring (bicyclic) bond motifs is 3. The van der Waals surface area contributed by atoms with E-state index in [9.17, 15) is 19.8 Å². The van der Waals surface area contributed by atoms with Gasteiger partial charge in [-0.05, 0) is 19.3 Å². The Morgan fingerprint density at radius 3 is 2.63 bits per heavy atom. The Balaban J connectivity index is 1.86. The van der Waals surface area contributed by atoms with Crippen molar-refractivity contribution in [1.82, 2.24) is 0 Å². The fourth-order valence-electron chi connectivity index (χ4n) is 6.99. The first-order valence-electron chi connectivity index (χ1n) is 9.82. The molecule has 0 aromatic heterocycles. The van der Waals surface area contributed by atoms with Gasteiger partial charge in [-0.3, -0.25) is 9.59 Å². The van der Waals surface area contributed by atoms with Gasteiger partial charge in [0.1, 0.15) is 6.10 Å². The van der Waals surface area contributed by atoms with Gasteiger partial charge in [0.2, 0.25) is 0 Å². The first-order chi connectivity index (χ1) is 12.4. The largest absolute Gasteiger partial charge is 0.462 e. The van der Waals surface area contributed by atoms with Crippen LogP contribution in [0, 0.1) is 22.2 Å². The van der Waals surface area contributed by atoms with Crippen LogP contribution in [0.25, 0.3) is 0 Å². The van der Waals surface area contributed by atoms with Gasteiger partial charge in [0.05, 0.1) is 29.8 Å². The number of aliphatic hydroxyl groups is 2. The van der Waals surface area contributed by atoms with Gasteiger partial charge >= 0.3 is 5.97 Å². The fraction of sp³-hybridized carbons (Fsp3) is 0.810. The normalized spacial score (nSPS) is 50.7. The average molecular weight is 378 g/mol. The lowest BCUT2D eigenvalue weighted by molar-refractivity contribution is -0.283. The molecule has 3 aliphatic carbocycles. The Bertz CT molecular complexity index is 728. The smallest absolute Gasteiger partial charge is 0.302 e. The number of hydrogen-bond donors (Lipinski definition) is 2. The molecule has 1 heterocycles. The zero-order valence-electron chi connectivity index (χ0n) is 16.6. The van der Waals surface area contributed by atoms with Crippen LogP contribution < -0.4 is 0 Å². The minimum absolute atomic E-state index is 0.159. The summed E-state index contributed by atoms with van der Waals surface area (Å²) in [5, 5.41) is 21.7. The number of ketones is 1. The summed E-state index contributed by atoms with van der Waals surface area (Å²) in [6, 6.07) is 0. The monoisotopic (exact) mass is 378 g/mol. The molecule has 6 nitrogen and oxygen atoms in total. The van der Waals surface area contributed by atoms with Crippen LogP contribution in [-0.4, -0.2) is 52.5 Å². The predicted octanol–water partition coefficient (Wildman–Crippen LogP) is 1.77. The summed E-state index contributed by atoms with van der Waals surface area (Å²) in [4.78, 5) is 25.1. The highest BCUT2D eigenvalue weighted by molar-refractivity contribution is 6.05. The third kappa shape index (κ3) is 2.23. The van der Waals surface area contributed by atoms with Gasteiger partial charge in [0.15, 0.2) is 5.78 Å². The maximum absolute atomic E-state index is 13.3. The van der Waals surface area contributed by atoms with E-state index < -0.39 is 40.0 Å². The summed E-state index contributed by atoms with van der Waals surface area (Å²) < 4.78 is 12.0. The van der Waals surface area contributed by atoms with E-state index in [1.54, 1.807) is 0 Å². The van der Waals surface area contributed by atoms with Gasteiger partial charge in [0, 0.05) is 35.7 Å². The SMILES string of the molecule is C=C1C(=O)[C@@]23CO[C@@H]4C(C)(C)[C@H](O)CC[C@@]4(C)[C@@H]2[C@@H](OC(C)=O)C[C@]1(O)C3. The highest BCUT2D eigenvalue weighted by atomic mass is 16.5. The standard InChI is InChI=1S/C21H30O6/c1-11-16(24)20-9-21(11,25)8-13(27-12(2)22)15(20)19(5)7-6-14(23)18(3,4)17(19)26-10-20/h13-15,17,23,25H,1,6-10H2,2-5H3/t13-,14+,15-,17+,19-,20-,21-/m0/s1. The summed E-state index contributed by atoms with van der Waals surface area (Å²) in [5.41, 5.74) is -3.00. The molecule has 0 aromatic rings. The molecule has 150 valence electrons. The molecule has 2 bridgehead atoms. The van der Waals surface area contributed by atoms with Crippen molar-refractivity contribution in [3.8, 4) is 0 Å². The summed E-state index contributed by atoms with van der Waals surface area (Å²) in [6.45, 7) is 11.5. The van der Waals surface area contributed by atoms with Gasteiger partial charge in [-0.15, -0.1) is 0 Å². The topological polar surface area (TPSA) is 93.1 Å². The summed E-state index contributed by atoms with van der Waals surface area (Å²) in [7, 11) is 0. The fourth-order valence-corrected chi connectivity index (χ4v) is 6.99. The zero-order chi connectivity index (χ0) is 20.0. The molecule has 27 heavy (non-hydrogen) atoms. The Kier molecular flexibility index (Phi) is 3.84. The molecule has 0 amide bonds.